The van der Waals surface area contributed by atoms with Crippen molar-refractivity contribution in [1.29, 1.82) is 5.26 Å². The summed E-state index contributed by atoms with van der Waals surface area (Å²) in [6, 6.07) is 6.28. The van der Waals surface area contributed by atoms with Gasteiger partial charge in [0.15, 0.2) is 0 Å². The van der Waals surface area contributed by atoms with Crippen molar-refractivity contribution in [2.75, 3.05) is 0 Å². The topological polar surface area (TPSA) is 23.8 Å². The van der Waals surface area contributed by atoms with Crippen molar-refractivity contribution in [1.82, 2.24) is 0 Å². The molecule has 0 aliphatic rings. The maximum Gasteiger partial charge on any atom is 0.0994 e. The molecule has 74 valence electrons. The number of hydrogen-bond donors (Lipinski definition) is 0. The van der Waals surface area contributed by atoms with E-state index in [1.807, 2.05) is 6.07 Å². The van der Waals surface area contributed by atoms with Crippen LogP contribution in [-0.4, -0.2) is 0 Å². The summed E-state index contributed by atoms with van der Waals surface area (Å²) in [4.78, 5) is 0. The highest BCUT2D eigenvalue weighted by Gasteiger charge is 2.09. The lowest BCUT2D eigenvalue weighted by Gasteiger charge is -2.14. The van der Waals surface area contributed by atoms with E-state index in [2.05, 4.69) is 39.8 Å². The van der Waals surface area contributed by atoms with E-state index in [9.17, 15) is 0 Å². The van der Waals surface area contributed by atoms with Crippen LogP contribution in [0.2, 0.25) is 0 Å². The molecule has 0 unspecified atom stereocenters. The molecule has 0 amide bonds. The fourth-order valence-electron chi connectivity index (χ4n) is 1.96. The Labute approximate surface area is 86.4 Å². The Morgan fingerprint density at radius 1 is 1.36 bits per heavy atom. The van der Waals surface area contributed by atoms with Gasteiger partial charge in [0.25, 0.3) is 0 Å². The Morgan fingerprint density at radius 2 is 2.00 bits per heavy atom. The molecular weight excluding hydrogens is 170 g/mol. The van der Waals surface area contributed by atoms with Crippen LogP contribution in [0.5, 0.6) is 0 Å². The lowest BCUT2D eigenvalue weighted by molar-refractivity contribution is 0.849. The molecule has 0 saturated heterocycles. The highest BCUT2D eigenvalue weighted by atomic mass is 14.3. The van der Waals surface area contributed by atoms with Gasteiger partial charge >= 0.3 is 0 Å². The SMILES string of the molecule is CCc1c(C#N)ccc(C(C)C)c1C. The molecule has 0 aliphatic heterocycles. The van der Waals surface area contributed by atoms with Crippen LogP contribution in [0.4, 0.5) is 0 Å². The van der Waals surface area contributed by atoms with Crippen LogP contribution in [0.25, 0.3) is 0 Å². The molecule has 0 radical (unpaired) electrons. The lowest BCUT2D eigenvalue weighted by atomic mass is 9.90. The van der Waals surface area contributed by atoms with Gasteiger partial charge in [0.05, 0.1) is 11.6 Å². The minimum absolute atomic E-state index is 0.535. The van der Waals surface area contributed by atoms with Crippen LogP contribution < -0.4 is 0 Å². The number of nitriles is 1. The second-order valence-electron chi connectivity index (χ2n) is 3.93. The first-order valence-corrected chi connectivity index (χ1v) is 5.14. The van der Waals surface area contributed by atoms with Crippen molar-refractivity contribution < 1.29 is 0 Å². The molecule has 1 nitrogen and oxygen atoms in total. The molecule has 0 N–H and O–H groups in total. The zero-order valence-corrected chi connectivity index (χ0v) is 9.39. The normalized spacial score (nSPS) is 10.3. The van der Waals surface area contributed by atoms with Crippen molar-refractivity contribution in [3.05, 3.63) is 34.4 Å². The summed E-state index contributed by atoms with van der Waals surface area (Å²) in [5.74, 6) is 0.535. The summed E-state index contributed by atoms with van der Waals surface area (Å²) in [6.45, 7) is 8.60. The zero-order chi connectivity index (χ0) is 10.7. The first-order valence-electron chi connectivity index (χ1n) is 5.14. The van der Waals surface area contributed by atoms with E-state index in [0.29, 0.717) is 5.92 Å². The molecule has 0 atom stereocenters. The summed E-state index contributed by atoms with van der Waals surface area (Å²) in [6.07, 6.45) is 0.940. The molecule has 0 aliphatic carbocycles. The molecule has 0 spiro atoms. The van der Waals surface area contributed by atoms with Crippen LogP contribution in [0.15, 0.2) is 12.1 Å². The average molecular weight is 187 g/mol. The average Bonchev–Trinajstić information content (AvgIpc) is 2.16. The summed E-state index contributed by atoms with van der Waals surface area (Å²) < 4.78 is 0. The minimum Gasteiger partial charge on any atom is -0.192 e. The van der Waals surface area contributed by atoms with Gasteiger partial charge in [-0.05, 0) is 42.0 Å². The van der Waals surface area contributed by atoms with Gasteiger partial charge < -0.3 is 0 Å². The van der Waals surface area contributed by atoms with Crippen molar-refractivity contribution in [3.8, 4) is 6.07 Å². The largest absolute Gasteiger partial charge is 0.192 e. The van der Waals surface area contributed by atoms with Gasteiger partial charge in [-0.2, -0.15) is 5.26 Å². The molecule has 0 saturated carbocycles. The Balaban J connectivity index is 3.37. The quantitative estimate of drug-likeness (QED) is 0.694. The molecule has 0 heterocycles. The summed E-state index contributed by atoms with van der Waals surface area (Å²) in [5, 5.41) is 8.95. The standard InChI is InChI=1S/C13H17N/c1-5-12-10(4)13(9(2)3)7-6-11(12)8-14/h6-7,9H,5H2,1-4H3. The van der Waals surface area contributed by atoms with E-state index in [1.54, 1.807) is 0 Å². The lowest BCUT2D eigenvalue weighted by Crippen LogP contribution is -1.99. The van der Waals surface area contributed by atoms with Gasteiger partial charge in [0.1, 0.15) is 0 Å². The van der Waals surface area contributed by atoms with E-state index >= 15 is 0 Å². The molecule has 0 aromatic heterocycles. The van der Waals surface area contributed by atoms with Crippen molar-refractivity contribution >= 4 is 0 Å². The molecule has 1 aromatic carbocycles. The highest BCUT2D eigenvalue weighted by molar-refractivity contribution is 5.47. The van der Waals surface area contributed by atoms with Crippen LogP contribution in [0, 0.1) is 18.3 Å². The number of rotatable bonds is 2. The molecule has 1 rings (SSSR count). The van der Waals surface area contributed by atoms with E-state index in [-0.39, 0.29) is 0 Å². The summed E-state index contributed by atoms with van der Waals surface area (Å²) in [5.41, 5.74) is 4.69. The molecular formula is C13H17N. The van der Waals surface area contributed by atoms with Gasteiger partial charge in [0.2, 0.25) is 0 Å². The number of hydrogen-bond acceptors (Lipinski definition) is 1. The monoisotopic (exact) mass is 187 g/mol. The second kappa shape index (κ2) is 4.28. The third-order valence-corrected chi connectivity index (χ3v) is 2.74. The van der Waals surface area contributed by atoms with Crippen LogP contribution in [-0.2, 0) is 6.42 Å². The molecule has 0 fully saturated rings. The minimum atomic E-state index is 0.535. The number of nitrogens with zero attached hydrogens (tertiary/aromatic N) is 1. The smallest absolute Gasteiger partial charge is 0.0994 e. The Bertz CT molecular complexity index is 370. The van der Waals surface area contributed by atoms with E-state index in [4.69, 9.17) is 5.26 Å². The van der Waals surface area contributed by atoms with Crippen molar-refractivity contribution in [2.24, 2.45) is 0 Å². The predicted octanol–water partition coefficient (Wildman–Crippen LogP) is 3.55. The van der Waals surface area contributed by atoms with Crippen molar-refractivity contribution in [3.63, 3.8) is 0 Å². The van der Waals surface area contributed by atoms with Gasteiger partial charge in [-0.1, -0.05) is 26.8 Å². The third-order valence-electron chi connectivity index (χ3n) is 2.74. The molecule has 1 heteroatoms. The maximum absolute atomic E-state index is 8.95. The molecule has 0 bridgehead atoms. The highest BCUT2D eigenvalue weighted by Crippen LogP contribution is 2.24. The summed E-state index contributed by atoms with van der Waals surface area (Å²) in [7, 11) is 0. The van der Waals surface area contributed by atoms with Gasteiger partial charge in [-0.3, -0.25) is 0 Å². The predicted molar refractivity (Wildman–Crippen MR) is 59.4 cm³/mol. The zero-order valence-electron chi connectivity index (χ0n) is 9.39. The van der Waals surface area contributed by atoms with Crippen LogP contribution in [0.1, 0.15) is 48.9 Å². The van der Waals surface area contributed by atoms with Crippen molar-refractivity contribution in [2.45, 2.75) is 40.0 Å². The third kappa shape index (κ3) is 1.80. The Morgan fingerprint density at radius 3 is 2.43 bits per heavy atom. The fraction of sp³-hybridized carbons (Fsp3) is 0.462. The first-order chi connectivity index (χ1) is 6.61. The molecule has 1 aromatic rings. The fourth-order valence-corrected chi connectivity index (χ4v) is 1.96. The Kier molecular flexibility index (Phi) is 3.30. The summed E-state index contributed by atoms with van der Waals surface area (Å²) >= 11 is 0. The number of benzene rings is 1. The second-order valence-corrected chi connectivity index (χ2v) is 3.93. The van der Waals surface area contributed by atoms with Crippen LogP contribution in [0.3, 0.4) is 0 Å². The van der Waals surface area contributed by atoms with Gasteiger partial charge in [-0.25, -0.2) is 0 Å². The van der Waals surface area contributed by atoms with Crippen LogP contribution >= 0.6 is 0 Å². The maximum atomic E-state index is 8.95. The van der Waals surface area contributed by atoms with Gasteiger partial charge in [-0.15, -0.1) is 0 Å². The van der Waals surface area contributed by atoms with E-state index < -0.39 is 0 Å². The van der Waals surface area contributed by atoms with E-state index in [0.717, 1.165) is 12.0 Å². The Hall–Kier alpha value is -1.29. The first kappa shape index (κ1) is 10.8. The van der Waals surface area contributed by atoms with Gasteiger partial charge in [0, 0.05) is 0 Å². The van der Waals surface area contributed by atoms with E-state index in [1.165, 1.54) is 16.7 Å². The molecule has 14 heavy (non-hydrogen) atoms.